The highest BCUT2D eigenvalue weighted by molar-refractivity contribution is 7.99. The molecule has 1 aliphatic heterocycles. The SMILES string of the molecule is COc1ccc2ncc(CN)c(C(O)CCC3(CO)CCN(CCSc4cc(F)c(F)c(F)c4)CC3)c2c1. The first-order valence-electron chi connectivity index (χ1n) is 12.7. The molecule has 1 unspecified atom stereocenters. The van der Waals surface area contributed by atoms with Crippen LogP contribution in [0.15, 0.2) is 41.4 Å². The molecule has 2 aromatic carbocycles. The molecule has 6 nitrogen and oxygen atoms in total. The van der Waals surface area contributed by atoms with E-state index in [1.165, 1.54) is 11.8 Å². The van der Waals surface area contributed by atoms with Crippen LogP contribution in [-0.2, 0) is 6.54 Å². The lowest BCUT2D eigenvalue weighted by molar-refractivity contribution is 0.0253. The Balaban J connectivity index is 1.34. The Hall–Kier alpha value is -2.37. The second kappa shape index (κ2) is 12.7. The van der Waals surface area contributed by atoms with Crippen molar-refractivity contribution in [3.8, 4) is 5.75 Å². The van der Waals surface area contributed by atoms with Gasteiger partial charge in [0.05, 0.1) is 18.7 Å². The van der Waals surface area contributed by atoms with Gasteiger partial charge in [-0.3, -0.25) is 4.98 Å². The number of hydrogen-bond acceptors (Lipinski definition) is 7. The summed E-state index contributed by atoms with van der Waals surface area (Å²) in [6, 6.07) is 7.58. The fourth-order valence-electron chi connectivity index (χ4n) is 5.15. The Morgan fingerprint density at radius 2 is 1.87 bits per heavy atom. The number of fused-ring (bicyclic) bond motifs is 1. The molecule has 0 bridgehead atoms. The van der Waals surface area contributed by atoms with Crippen molar-refractivity contribution in [3.05, 3.63) is 65.1 Å². The monoisotopic (exact) mass is 549 g/mol. The van der Waals surface area contributed by atoms with Gasteiger partial charge in [-0.1, -0.05) is 0 Å². The van der Waals surface area contributed by atoms with Crippen molar-refractivity contribution in [2.75, 3.05) is 39.1 Å². The molecule has 2 heterocycles. The van der Waals surface area contributed by atoms with Crippen molar-refractivity contribution in [1.29, 1.82) is 0 Å². The van der Waals surface area contributed by atoms with E-state index >= 15 is 0 Å². The summed E-state index contributed by atoms with van der Waals surface area (Å²) in [6.07, 6.45) is 3.62. The van der Waals surface area contributed by atoms with Crippen LogP contribution in [0.5, 0.6) is 5.75 Å². The molecule has 4 rings (SSSR count). The van der Waals surface area contributed by atoms with Gasteiger partial charge in [0.2, 0.25) is 0 Å². The summed E-state index contributed by atoms with van der Waals surface area (Å²) in [5.74, 6) is -2.54. The lowest BCUT2D eigenvalue weighted by Gasteiger charge is -2.41. The number of likely N-dealkylation sites (tertiary alicyclic amines) is 1. The van der Waals surface area contributed by atoms with Gasteiger partial charge in [0.15, 0.2) is 17.5 Å². The number of aromatic nitrogens is 1. The first-order chi connectivity index (χ1) is 18.3. The Bertz CT molecular complexity index is 1230. The molecule has 0 radical (unpaired) electrons. The first-order valence-corrected chi connectivity index (χ1v) is 13.7. The maximum atomic E-state index is 13.4. The zero-order chi connectivity index (χ0) is 27.3. The van der Waals surface area contributed by atoms with Crippen LogP contribution in [-0.4, -0.2) is 59.2 Å². The molecule has 10 heteroatoms. The van der Waals surface area contributed by atoms with Crippen molar-refractivity contribution in [3.63, 3.8) is 0 Å². The smallest absolute Gasteiger partial charge is 0.194 e. The predicted molar refractivity (Wildman–Crippen MR) is 143 cm³/mol. The normalized spacial score (nSPS) is 16.6. The van der Waals surface area contributed by atoms with E-state index in [2.05, 4.69) is 9.88 Å². The van der Waals surface area contributed by atoms with Crippen LogP contribution in [0.25, 0.3) is 10.9 Å². The summed E-state index contributed by atoms with van der Waals surface area (Å²) >= 11 is 1.28. The number of nitrogens with two attached hydrogens (primary N) is 1. The van der Waals surface area contributed by atoms with Gasteiger partial charge in [-0.2, -0.15) is 0 Å². The van der Waals surface area contributed by atoms with Gasteiger partial charge in [0.1, 0.15) is 5.75 Å². The van der Waals surface area contributed by atoms with E-state index in [1.807, 2.05) is 18.2 Å². The zero-order valence-corrected chi connectivity index (χ0v) is 22.2. The fraction of sp³-hybridized carbons (Fsp3) is 0.464. The lowest BCUT2D eigenvalue weighted by Crippen LogP contribution is -2.43. The second-order valence-electron chi connectivity index (χ2n) is 9.89. The van der Waals surface area contributed by atoms with Crippen LogP contribution in [0.4, 0.5) is 13.2 Å². The molecule has 1 saturated heterocycles. The fourth-order valence-corrected chi connectivity index (χ4v) is 6.11. The average molecular weight is 550 g/mol. The van der Waals surface area contributed by atoms with Crippen LogP contribution in [0, 0.1) is 22.9 Å². The van der Waals surface area contributed by atoms with Crippen molar-refractivity contribution in [1.82, 2.24) is 9.88 Å². The number of piperidine rings is 1. The number of rotatable bonds is 11. The van der Waals surface area contributed by atoms with E-state index in [0.29, 0.717) is 35.8 Å². The van der Waals surface area contributed by atoms with Gasteiger partial charge in [0, 0.05) is 41.9 Å². The van der Waals surface area contributed by atoms with Crippen molar-refractivity contribution in [2.45, 2.75) is 43.2 Å². The Labute approximate surface area is 225 Å². The molecule has 4 N–H and O–H groups in total. The van der Waals surface area contributed by atoms with Gasteiger partial charge in [-0.15, -0.1) is 11.8 Å². The standard InChI is InChI=1S/C28H34F3N3O3S/c1-37-19-2-3-24-21(12-19)26(18(15-32)16-33-24)25(36)4-5-28(17-35)6-8-34(9-7-28)10-11-38-20-13-22(29)27(31)23(30)14-20/h2-3,12-14,16,25,35-36H,4-11,15,17,32H2,1H3. The van der Waals surface area contributed by atoms with E-state index in [4.69, 9.17) is 10.5 Å². The van der Waals surface area contributed by atoms with Gasteiger partial charge in [-0.25, -0.2) is 13.2 Å². The molecule has 0 aliphatic carbocycles. The topological polar surface area (TPSA) is 91.8 Å². The molecule has 1 fully saturated rings. The van der Waals surface area contributed by atoms with Crippen molar-refractivity contribution >= 4 is 22.7 Å². The molecule has 3 aromatic rings. The third-order valence-electron chi connectivity index (χ3n) is 7.59. The Morgan fingerprint density at radius 1 is 1.16 bits per heavy atom. The maximum Gasteiger partial charge on any atom is 0.194 e. The summed E-state index contributed by atoms with van der Waals surface area (Å²) in [5.41, 5.74) is 7.97. The lowest BCUT2D eigenvalue weighted by atomic mass is 9.74. The van der Waals surface area contributed by atoms with E-state index in [-0.39, 0.29) is 18.6 Å². The number of halogens is 3. The van der Waals surface area contributed by atoms with E-state index < -0.39 is 23.6 Å². The van der Waals surface area contributed by atoms with E-state index in [1.54, 1.807) is 13.3 Å². The third-order valence-corrected chi connectivity index (χ3v) is 8.54. The van der Waals surface area contributed by atoms with Crippen LogP contribution in [0.3, 0.4) is 0 Å². The molecule has 38 heavy (non-hydrogen) atoms. The highest BCUT2D eigenvalue weighted by atomic mass is 32.2. The number of thioether (sulfide) groups is 1. The minimum Gasteiger partial charge on any atom is -0.497 e. The molecule has 1 aromatic heterocycles. The highest BCUT2D eigenvalue weighted by Gasteiger charge is 2.34. The van der Waals surface area contributed by atoms with Crippen LogP contribution in [0.2, 0.25) is 0 Å². The number of nitrogens with zero attached hydrogens (tertiary/aromatic N) is 2. The summed E-state index contributed by atoms with van der Waals surface area (Å²) in [7, 11) is 1.59. The number of aliphatic hydroxyl groups excluding tert-OH is 2. The highest BCUT2D eigenvalue weighted by Crippen LogP contribution is 2.40. The van der Waals surface area contributed by atoms with Crippen molar-refractivity contribution < 1.29 is 28.1 Å². The average Bonchev–Trinajstić information content (AvgIpc) is 2.94. The van der Waals surface area contributed by atoms with Gasteiger partial charge in [-0.05, 0) is 85.6 Å². The molecule has 0 spiro atoms. The van der Waals surface area contributed by atoms with Gasteiger partial charge >= 0.3 is 0 Å². The van der Waals surface area contributed by atoms with Crippen LogP contribution >= 0.6 is 11.8 Å². The van der Waals surface area contributed by atoms with E-state index in [9.17, 15) is 23.4 Å². The number of pyridine rings is 1. The minimum absolute atomic E-state index is 0.0328. The zero-order valence-electron chi connectivity index (χ0n) is 21.4. The molecule has 0 amide bonds. The van der Waals surface area contributed by atoms with Crippen molar-refractivity contribution in [2.24, 2.45) is 11.1 Å². The molecule has 0 saturated carbocycles. The molecular weight excluding hydrogens is 515 g/mol. The molecule has 1 aliphatic rings. The molecule has 1 atom stereocenters. The first kappa shape index (κ1) is 28.6. The van der Waals surface area contributed by atoms with Gasteiger partial charge < -0.3 is 25.6 Å². The molecule has 206 valence electrons. The third kappa shape index (κ3) is 6.43. The Morgan fingerprint density at radius 3 is 2.50 bits per heavy atom. The van der Waals surface area contributed by atoms with E-state index in [0.717, 1.165) is 60.1 Å². The molecular formula is C28H34F3N3O3S. The summed E-state index contributed by atoms with van der Waals surface area (Å²) in [5, 5.41) is 22.4. The van der Waals surface area contributed by atoms with Crippen LogP contribution in [0.1, 0.15) is 42.9 Å². The predicted octanol–water partition coefficient (Wildman–Crippen LogP) is 4.80. The number of methoxy groups -OCH3 is 1. The largest absolute Gasteiger partial charge is 0.497 e. The maximum absolute atomic E-state index is 13.4. The number of ether oxygens (including phenoxy) is 1. The summed E-state index contributed by atoms with van der Waals surface area (Å²) < 4.78 is 45.4. The van der Waals surface area contributed by atoms with Gasteiger partial charge in [0.25, 0.3) is 0 Å². The van der Waals surface area contributed by atoms with Crippen LogP contribution < -0.4 is 10.5 Å². The summed E-state index contributed by atoms with van der Waals surface area (Å²) in [4.78, 5) is 7.08. The quantitative estimate of drug-likeness (QED) is 0.234. The summed E-state index contributed by atoms with van der Waals surface area (Å²) in [6.45, 7) is 2.53. The number of benzene rings is 2. The Kier molecular flexibility index (Phi) is 9.54. The minimum atomic E-state index is -1.45. The second-order valence-corrected chi connectivity index (χ2v) is 11.1. The number of aliphatic hydroxyl groups is 2. The number of hydrogen-bond donors (Lipinski definition) is 3.